The molecular formula is C21H27N7O6. The van der Waals surface area contributed by atoms with Crippen molar-refractivity contribution in [1.29, 1.82) is 0 Å². The van der Waals surface area contributed by atoms with Gasteiger partial charge in [0.2, 0.25) is 5.82 Å². The van der Waals surface area contributed by atoms with Gasteiger partial charge in [0.25, 0.3) is 11.6 Å². The molecule has 2 saturated heterocycles. The van der Waals surface area contributed by atoms with Gasteiger partial charge in [0.05, 0.1) is 6.10 Å². The molecule has 4 atom stereocenters. The molecule has 0 spiro atoms. The third-order valence-electron chi connectivity index (χ3n) is 6.45. The molecule has 13 nitrogen and oxygen atoms in total. The lowest BCUT2D eigenvalue weighted by atomic mass is 9.94. The van der Waals surface area contributed by atoms with Crippen LogP contribution in [0.3, 0.4) is 0 Å². The molecule has 7 N–H and O–H groups in total. The second-order valence-electron chi connectivity index (χ2n) is 8.50. The average Bonchev–Trinajstić information content (AvgIpc) is 3.34. The van der Waals surface area contributed by atoms with Crippen molar-refractivity contribution in [3.63, 3.8) is 0 Å². The molecule has 2 fully saturated rings. The fourth-order valence-corrected chi connectivity index (χ4v) is 4.48. The van der Waals surface area contributed by atoms with Gasteiger partial charge in [-0.3, -0.25) is 9.36 Å². The molecule has 2 amide bonds. The lowest BCUT2D eigenvalue weighted by Gasteiger charge is -2.30. The molecule has 0 aromatic carbocycles. The van der Waals surface area contributed by atoms with Gasteiger partial charge in [0, 0.05) is 19.5 Å². The number of carbonyl (C=O) groups is 2. The Kier molecular flexibility index (Phi) is 6.30. The molecule has 2 aliphatic rings. The van der Waals surface area contributed by atoms with Gasteiger partial charge < -0.3 is 36.4 Å². The van der Waals surface area contributed by atoms with E-state index in [4.69, 9.17) is 21.3 Å². The number of aromatic nitrogens is 4. The monoisotopic (exact) mass is 473 g/mol. The lowest BCUT2D eigenvalue weighted by molar-refractivity contribution is -0.170. The van der Waals surface area contributed by atoms with Crippen LogP contribution in [-0.4, -0.2) is 83.1 Å². The Morgan fingerprint density at radius 3 is 2.59 bits per heavy atom. The maximum atomic E-state index is 12.5. The zero-order valence-corrected chi connectivity index (χ0v) is 18.6. The van der Waals surface area contributed by atoms with Crippen molar-refractivity contribution in [1.82, 2.24) is 24.4 Å². The lowest BCUT2D eigenvalue weighted by Crippen LogP contribution is -2.54. The Balaban J connectivity index is 1.63. The number of aliphatic hydroxyl groups excluding tert-OH is 2. The number of carboxylic acid groups (broad SMARTS) is 1. The van der Waals surface area contributed by atoms with Crippen molar-refractivity contribution < 1.29 is 29.6 Å². The molecular weight excluding hydrogens is 446 g/mol. The summed E-state index contributed by atoms with van der Waals surface area (Å²) in [4.78, 5) is 37.6. The fraction of sp³-hybridized carbons (Fsp3) is 0.571. The van der Waals surface area contributed by atoms with Crippen LogP contribution in [-0.2, 0) is 15.3 Å². The third-order valence-corrected chi connectivity index (χ3v) is 6.45. The normalized spacial score (nSPS) is 27.5. The number of hydrogen-bond acceptors (Lipinski definition) is 9. The number of rotatable bonds is 4. The molecule has 2 aromatic heterocycles. The Morgan fingerprint density at radius 1 is 1.29 bits per heavy atom. The number of ether oxygens (including phenoxy) is 1. The summed E-state index contributed by atoms with van der Waals surface area (Å²) in [6, 6.07) is 0. The van der Waals surface area contributed by atoms with Crippen LogP contribution in [0.25, 0.3) is 11.2 Å². The van der Waals surface area contributed by atoms with E-state index in [0.29, 0.717) is 38.8 Å². The van der Waals surface area contributed by atoms with E-state index < -0.39 is 36.0 Å². The number of nitrogens with zero attached hydrogens (tertiary/aromatic N) is 5. The van der Waals surface area contributed by atoms with Crippen molar-refractivity contribution in [3.05, 3.63) is 12.2 Å². The molecule has 34 heavy (non-hydrogen) atoms. The predicted molar refractivity (Wildman–Crippen MR) is 118 cm³/mol. The largest absolute Gasteiger partial charge is 0.465 e. The van der Waals surface area contributed by atoms with Gasteiger partial charge in [-0.1, -0.05) is 12.8 Å². The Hall–Kier alpha value is -3.47. The van der Waals surface area contributed by atoms with Gasteiger partial charge in [-0.25, -0.2) is 19.7 Å². The van der Waals surface area contributed by atoms with E-state index in [1.165, 1.54) is 15.8 Å². The number of anilines is 1. The molecule has 182 valence electrons. The van der Waals surface area contributed by atoms with Crippen molar-refractivity contribution in [2.75, 3.05) is 18.8 Å². The first-order valence-electron chi connectivity index (χ1n) is 11.0. The number of nitrogens with two attached hydrogens (primary N) is 2. The number of hydrogen-bond donors (Lipinski definition) is 5. The van der Waals surface area contributed by atoms with Gasteiger partial charge >= 0.3 is 6.09 Å². The average molecular weight is 473 g/mol. The molecule has 4 heterocycles. The van der Waals surface area contributed by atoms with Gasteiger partial charge in [-0.15, -0.1) is 0 Å². The van der Waals surface area contributed by atoms with Gasteiger partial charge in [0.1, 0.15) is 24.1 Å². The SMILES string of the molecule is CCC1OC(C(N)=O)(n2cnc3c(N)nc(C#CCC4CCN(C(=O)O)CC4)nc32)C(O)C1O. The third kappa shape index (κ3) is 3.89. The quantitative estimate of drug-likeness (QED) is 0.350. The van der Waals surface area contributed by atoms with Crippen LogP contribution >= 0.6 is 0 Å². The number of aliphatic hydroxyl groups is 2. The van der Waals surface area contributed by atoms with Crippen LogP contribution < -0.4 is 11.5 Å². The minimum atomic E-state index is -2.13. The Morgan fingerprint density at radius 2 is 2.00 bits per heavy atom. The number of fused-ring (bicyclic) bond motifs is 1. The van der Waals surface area contributed by atoms with Crippen LogP contribution in [0.2, 0.25) is 0 Å². The maximum Gasteiger partial charge on any atom is 0.407 e. The smallest absolute Gasteiger partial charge is 0.407 e. The topological polar surface area (TPSA) is 203 Å². The number of nitrogen functional groups attached to an aromatic ring is 1. The van der Waals surface area contributed by atoms with Gasteiger partial charge in [0.15, 0.2) is 11.5 Å². The van der Waals surface area contributed by atoms with Gasteiger partial charge in [-0.05, 0) is 31.1 Å². The first-order valence-corrected chi connectivity index (χ1v) is 11.0. The highest BCUT2D eigenvalue weighted by molar-refractivity contribution is 5.87. The summed E-state index contributed by atoms with van der Waals surface area (Å²) in [5.74, 6) is 5.20. The van der Waals surface area contributed by atoms with Crippen LogP contribution in [0.1, 0.15) is 38.4 Å². The fourth-order valence-electron chi connectivity index (χ4n) is 4.48. The number of carbonyl (C=O) groups excluding carboxylic acids is 1. The summed E-state index contributed by atoms with van der Waals surface area (Å²) >= 11 is 0. The van der Waals surface area contributed by atoms with E-state index in [2.05, 4.69) is 26.8 Å². The molecule has 0 radical (unpaired) electrons. The predicted octanol–water partition coefficient (Wildman–Crippen LogP) is -0.791. The van der Waals surface area contributed by atoms with Crippen LogP contribution in [0.5, 0.6) is 0 Å². The highest BCUT2D eigenvalue weighted by Gasteiger charge is 2.60. The second kappa shape index (κ2) is 9.05. The van der Waals surface area contributed by atoms with Gasteiger partial charge in [-0.2, -0.15) is 0 Å². The Bertz CT molecular complexity index is 1170. The first-order chi connectivity index (χ1) is 16.2. The molecule has 4 rings (SSSR count). The van der Waals surface area contributed by atoms with E-state index >= 15 is 0 Å². The van der Waals surface area contributed by atoms with Crippen LogP contribution in [0, 0.1) is 17.8 Å². The first kappa shape index (κ1) is 23.7. The van der Waals surface area contributed by atoms with E-state index in [-0.39, 0.29) is 28.7 Å². The number of piperidine rings is 1. The number of imidazole rings is 1. The number of likely N-dealkylation sites (tertiary alicyclic amines) is 1. The summed E-state index contributed by atoms with van der Waals surface area (Å²) in [5.41, 5.74) is 9.78. The van der Waals surface area contributed by atoms with Crippen molar-refractivity contribution >= 4 is 29.0 Å². The Labute approximate surface area is 194 Å². The standard InChI is InChI=1S/C21H27N7O6/c1-2-12-15(29)16(30)21(34-12,19(23)31)28-10-24-14-17(22)25-13(26-18(14)28)5-3-4-11-6-8-27(9-7-11)20(32)33/h10-12,15-16,29-30H,2,4,6-9H2,1H3,(H2,23,31)(H,32,33)(H2,22,25,26). The zero-order chi connectivity index (χ0) is 24.6. The van der Waals surface area contributed by atoms with Crippen molar-refractivity contribution in [2.24, 2.45) is 11.7 Å². The van der Waals surface area contributed by atoms with Crippen molar-refractivity contribution in [3.8, 4) is 11.8 Å². The molecule has 13 heteroatoms. The minimum absolute atomic E-state index is 0.0162. The summed E-state index contributed by atoms with van der Waals surface area (Å²) in [5, 5.41) is 30.2. The highest BCUT2D eigenvalue weighted by Crippen LogP contribution is 2.38. The molecule has 0 bridgehead atoms. The van der Waals surface area contributed by atoms with E-state index in [9.17, 15) is 19.8 Å². The molecule has 0 saturated carbocycles. The van der Waals surface area contributed by atoms with E-state index in [1.807, 2.05) is 0 Å². The zero-order valence-electron chi connectivity index (χ0n) is 18.6. The maximum absolute atomic E-state index is 12.5. The number of primary amides is 1. The summed E-state index contributed by atoms with van der Waals surface area (Å²) in [6.45, 7) is 2.68. The second-order valence-corrected chi connectivity index (χ2v) is 8.50. The number of amides is 2. The van der Waals surface area contributed by atoms with E-state index in [1.54, 1.807) is 6.92 Å². The van der Waals surface area contributed by atoms with Crippen molar-refractivity contribution in [2.45, 2.75) is 56.6 Å². The summed E-state index contributed by atoms with van der Waals surface area (Å²) in [7, 11) is 0. The van der Waals surface area contributed by atoms with Crippen LogP contribution in [0.4, 0.5) is 10.6 Å². The molecule has 4 unspecified atom stereocenters. The minimum Gasteiger partial charge on any atom is -0.465 e. The highest BCUT2D eigenvalue weighted by atomic mass is 16.6. The van der Waals surface area contributed by atoms with Crippen LogP contribution in [0.15, 0.2) is 6.33 Å². The molecule has 2 aliphatic heterocycles. The summed E-state index contributed by atoms with van der Waals surface area (Å²) in [6.07, 6.45) is -1.24. The summed E-state index contributed by atoms with van der Waals surface area (Å²) < 4.78 is 6.93. The van der Waals surface area contributed by atoms with E-state index in [0.717, 1.165) is 0 Å². The molecule has 2 aromatic rings. The molecule has 0 aliphatic carbocycles.